The molecule has 3 fully saturated rings. The van der Waals surface area contributed by atoms with Gasteiger partial charge in [-0.2, -0.15) is 0 Å². The number of nitrogens with zero attached hydrogens (tertiary/aromatic N) is 1. The number of imide groups is 1. The minimum atomic E-state index is -0.437. The third-order valence-electron chi connectivity index (χ3n) is 9.00. The Balaban J connectivity index is 1.26. The molecule has 7 rings (SSSR count). The van der Waals surface area contributed by atoms with Gasteiger partial charge >= 0.3 is 5.97 Å². The van der Waals surface area contributed by atoms with Gasteiger partial charge in [0.25, 0.3) is 0 Å². The van der Waals surface area contributed by atoms with Crippen LogP contribution in [0.25, 0.3) is 0 Å². The molecule has 3 aromatic rings. The van der Waals surface area contributed by atoms with Crippen molar-refractivity contribution in [1.82, 2.24) is 4.98 Å². The summed E-state index contributed by atoms with van der Waals surface area (Å²) in [5.74, 6) is -0.804. The van der Waals surface area contributed by atoms with Crippen molar-refractivity contribution in [3.63, 3.8) is 0 Å². The van der Waals surface area contributed by atoms with Crippen LogP contribution in [-0.4, -0.2) is 46.3 Å². The number of aromatic hydroxyl groups is 1. The fourth-order valence-corrected chi connectivity index (χ4v) is 10.9. The maximum atomic E-state index is 14.0. The molecule has 4 aliphatic rings. The van der Waals surface area contributed by atoms with E-state index in [0.717, 1.165) is 21.9 Å². The average molecular weight is 609 g/mol. The molecule has 1 aromatic heterocycles. The molecule has 2 aliphatic heterocycles. The molecule has 0 radical (unpaired) electrons. The zero-order valence-electron chi connectivity index (χ0n) is 22.4. The van der Waals surface area contributed by atoms with Crippen molar-refractivity contribution in [2.75, 3.05) is 18.1 Å². The average Bonchev–Trinajstić information content (AvgIpc) is 3.69. The van der Waals surface area contributed by atoms with Crippen molar-refractivity contribution in [2.45, 2.75) is 36.5 Å². The number of H-pyrrole nitrogens is 1. The van der Waals surface area contributed by atoms with Crippen molar-refractivity contribution < 1.29 is 29.0 Å². The number of hydrogen-bond acceptors (Lipinski definition) is 9. The van der Waals surface area contributed by atoms with E-state index in [1.54, 1.807) is 60.4 Å². The maximum Gasteiger partial charge on any atom is 0.338 e. The van der Waals surface area contributed by atoms with Crippen LogP contribution in [0.15, 0.2) is 47.5 Å². The van der Waals surface area contributed by atoms with E-state index in [0.29, 0.717) is 27.6 Å². The number of aromatic nitrogens is 1. The molecule has 2 amide bonds. The summed E-state index contributed by atoms with van der Waals surface area (Å²) in [6, 6.07) is 12.0. The summed E-state index contributed by atoms with van der Waals surface area (Å²) >= 11 is 8.87. The Bertz CT molecular complexity index is 1630. The van der Waals surface area contributed by atoms with Crippen LogP contribution in [0.4, 0.5) is 5.69 Å². The second kappa shape index (κ2) is 9.99. The summed E-state index contributed by atoms with van der Waals surface area (Å²) < 4.78 is 11.5. The topological polar surface area (TPSA) is 109 Å². The number of benzene rings is 2. The zero-order valence-corrected chi connectivity index (χ0v) is 24.8. The van der Waals surface area contributed by atoms with Gasteiger partial charge < -0.3 is 19.6 Å². The summed E-state index contributed by atoms with van der Waals surface area (Å²) in [5, 5.41) is 11.6. The Morgan fingerprint density at radius 1 is 1.07 bits per heavy atom. The number of ether oxygens (including phenoxy) is 2. The Kier molecular flexibility index (Phi) is 6.51. The number of aromatic amines is 1. The fraction of sp³-hybridized carbons (Fsp3) is 0.400. The standard InChI is InChI=1S/C30H28N2O6S3/c1-3-37-19-11-14(7-10-18(19)33)20-21-16-12-17(24(21)40-26-25(20)41-30(39)31-26)23-22(16)27(34)32(28(23)35)15-8-5-13(6-9-15)29(36)38-4-2/h5-11,16-17,20-24,33H,3-4,12H2,1-2H3,(H,31,39). The molecule has 41 heavy (non-hydrogen) atoms. The number of phenolic OH excluding ortho intramolecular Hbond substituents is 1. The first kappa shape index (κ1) is 26.7. The van der Waals surface area contributed by atoms with Crippen LogP contribution in [0, 0.1) is 33.5 Å². The molecule has 1 saturated heterocycles. The minimum Gasteiger partial charge on any atom is -0.504 e. The third kappa shape index (κ3) is 3.99. The van der Waals surface area contributed by atoms with Gasteiger partial charge in [-0.3, -0.25) is 14.5 Å². The number of rotatable bonds is 6. The summed E-state index contributed by atoms with van der Waals surface area (Å²) in [5.41, 5.74) is 1.88. The lowest BCUT2D eigenvalue weighted by Gasteiger charge is -2.43. The number of esters is 1. The van der Waals surface area contributed by atoms with Crippen LogP contribution < -0.4 is 9.64 Å². The first-order chi connectivity index (χ1) is 19.8. The van der Waals surface area contributed by atoms with E-state index < -0.39 is 11.9 Å². The molecule has 2 aliphatic carbocycles. The van der Waals surface area contributed by atoms with Gasteiger partial charge in [-0.1, -0.05) is 6.07 Å². The SMILES string of the molecule is CCOC(=O)c1ccc(N2C(=O)C3C4CC(C3C2=O)C2C(c3ccc(O)c(OCC)c3)c3sc(=S)[nH]c3SC42)cc1. The van der Waals surface area contributed by atoms with Crippen molar-refractivity contribution >= 4 is 58.8 Å². The number of amides is 2. The number of thiazole rings is 1. The molecule has 3 heterocycles. The number of carbonyl (C=O) groups is 3. The van der Waals surface area contributed by atoms with E-state index in [9.17, 15) is 19.5 Å². The molecular weight excluding hydrogens is 581 g/mol. The van der Waals surface area contributed by atoms with Gasteiger partial charge in [0.05, 0.1) is 41.3 Å². The zero-order chi connectivity index (χ0) is 28.6. The van der Waals surface area contributed by atoms with Gasteiger partial charge in [-0.05, 0) is 92.2 Å². The molecule has 7 unspecified atom stereocenters. The summed E-state index contributed by atoms with van der Waals surface area (Å²) in [7, 11) is 0. The molecule has 2 aromatic carbocycles. The van der Waals surface area contributed by atoms with Gasteiger partial charge in [0.2, 0.25) is 11.8 Å². The molecule has 212 valence electrons. The largest absolute Gasteiger partial charge is 0.504 e. The van der Waals surface area contributed by atoms with E-state index in [1.807, 2.05) is 19.1 Å². The highest BCUT2D eigenvalue weighted by atomic mass is 32.2. The van der Waals surface area contributed by atoms with Gasteiger partial charge in [0.1, 0.15) is 0 Å². The van der Waals surface area contributed by atoms with Crippen molar-refractivity contribution in [1.29, 1.82) is 0 Å². The molecule has 11 heteroatoms. The van der Waals surface area contributed by atoms with Crippen LogP contribution >= 0.6 is 35.3 Å². The Hall–Kier alpha value is -3.15. The first-order valence-corrected chi connectivity index (χ1v) is 15.9. The van der Waals surface area contributed by atoms with Crippen LogP contribution in [0.1, 0.15) is 47.0 Å². The lowest BCUT2D eigenvalue weighted by atomic mass is 9.68. The predicted octanol–water partition coefficient (Wildman–Crippen LogP) is 5.76. The second-order valence-corrected chi connectivity index (χ2v) is 13.8. The number of phenols is 1. The smallest absolute Gasteiger partial charge is 0.338 e. The number of carbonyl (C=O) groups excluding carboxylic acids is 3. The first-order valence-electron chi connectivity index (χ1n) is 13.8. The lowest BCUT2D eigenvalue weighted by molar-refractivity contribution is -0.123. The second-order valence-electron chi connectivity index (χ2n) is 10.9. The summed E-state index contributed by atoms with van der Waals surface area (Å²) in [4.78, 5) is 45.8. The van der Waals surface area contributed by atoms with E-state index in [2.05, 4.69) is 4.98 Å². The Morgan fingerprint density at radius 2 is 1.80 bits per heavy atom. The normalized spacial score (nSPS) is 29.3. The third-order valence-corrected chi connectivity index (χ3v) is 11.9. The maximum absolute atomic E-state index is 14.0. The minimum absolute atomic E-state index is 0.0286. The molecule has 0 spiro atoms. The number of thioether (sulfide) groups is 1. The van der Waals surface area contributed by atoms with Gasteiger partial charge in [0.15, 0.2) is 15.5 Å². The number of hydrogen-bond donors (Lipinski definition) is 2. The fourth-order valence-electron chi connectivity index (χ4n) is 7.60. The molecule has 2 N–H and O–H groups in total. The predicted molar refractivity (Wildman–Crippen MR) is 157 cm³/mol. The van der Waals surface area contributed by atoms with Crippen LogP contribution in [-0.2, 0) is 14.3 Å². The molecule has 8 nitrogen and oxygen atoms in total. The molecule has 2 bridgehead atoms. The van der Waals surface area contributed by atoms with Gasteiger partial charge in [-0.15, -0.1) is 23.1 Å². The molecular formula is C30H28N2O6S3. The van der Waals surface area contributed by atoms with E-state index >= 15 is 0 Å². The Morgan fingerprint density at radius 3 is 2.51 bits per heavy atom. The molecule has 7 atom stereocenters. The summed E-state index contributed by atoms with van der Waals surface area (Å²) in [6.07, 6.45) is 0.827. The van der Waals surface area contributed by atoms with Crippen molar-refractivity contribution in [2.24, 2.45) is 29.6 Å². The number of anilines is 1. The summed E-state index contributed by atoms with van der Waals surface area (Å²) in [6.45, 7) is 4.32. The highest BCUT2D eigenvalue weighted by Crippen LogP contribution is 2.69. The van der Waals surface area contributed by atoms with E-state index in [1.165, 1.54) is 4.90 Å². The van der Waals surface area contributed by atoms with Crippen LogP contribution in [0.2, 0.25) is 0 Å². The quantitative estimate of drug-likeness (QED) is 0.207. The lowest BCUT2D eigenvalue weighted by Crippen LogP contribution is -2.42. The highest BCUT2D eigenvalue weighted by Gasteiger charge is 2.69. The van der Waals surface area contributed by atoms with Gasteiger partial charge in [-0.25, -0.2) is 4.79 Å². The van der Waals surface area contributed by atoms with E-state index in [4.69, 9.17) is 21.7 Å². The Labute approximate surface area is 250 Å². The monoisotopic (exact) mass is 608 g/mol. The number of fused-ring (bicyclic) bond motifs is 9. The number of nitrogens with one attached hydrogen (secondary N) is 1. The van der Waals surface area contributed by atoms with E-state index in [-0.39, 0.29) is 59.0 Å². The van der Waals surface area contributed by atoms with Crippen LogP contribution in [0.3, 0.4) is 0 Å². The van der Waals surface area contributed by atoms with Crippen molar-refractivity contribution in [3.8, 4) is 11.5 Å². The highest BCUT2D eigenvalue weighted by molar-refractivity contribution is 8.00. The molecule has 2 saturated carbocycles. The van der Waals surface area contributed by atoms with Crippen molar-refractivity contribution in [3.05, 3.63) is 62.4 Å². The van der Waals surface area contributed by atoms with Crippen LogP contribution in [0.5, 0.6) is 11.5 Å². The van der Waals surface area contributed by atoms with Gasteiger partial charge in [0, 0.05) is 16.0 Å².